The summed E-state index contributed by atoms with van der Waals surface area (Å²) < 4.78 is 5.16. The van der Waals surface area contributed by atoms with E-state index in [4.69, 9.17) is 4.74 Å². The molecule has 2 heterocycles. The topological polar surface area (TPSA) is 82.4 Å². The summed E-state index contributed by atoms with van der Waals surface area (Å²) in [7, 11) is 1.59. The Morgan fingerprint density at radius 2 is 2.04 bits per heavy atom. The molecule has 3 rings (SSSR count). The fraction of sp³-hybridized carbons (Fsp3) is 0.421. The van der Waals surface area contributed by atoms with Crippen molar-refractivity contribution < 1.29 is 14.3 Å². The highest BCUT2D eigenvalue weighted by atomic mass is 32.2. The zero-order chi connectivity index (χ0) is 18.5. The van der Waals surface area contributed by atoms with Gasteiger partial charge in [0.15, 0.2) is 0 Å². The number of allylic oxidation sites excluding steroid dienone is 1. The van der Waals surface area contributed by atoms with Gasteiger partial charge in [0, 0.05) is 25.4 Å². The summed E-state index contributed by atoms with van der Waals surface area (Å²) in [4.78, 5) is 26.3. The molecule has 1 saturated heterocycles. The molecule has 0 radical (unpaired) electrons. The maximum atomic E-state index is 12.3. The first kappa shape index (κ1) is 18.3. The summed E-state index contributed by atoms with van der Waals surface area (Å²) in [5.41, 5.74) is 1.40. The molecule has 1 aromatic rings. The van der Waals surface area contributed by atoms with Crippen LogP contribution in [0.1, 0.15) is 30.7 Å². The molecule has 136 valence electrons. The van der Waals surface area contributed by atoms with E-state index in [9.17, 15) is 14.9 Å². The van der Waals surface area contributed by atoms with Crippen molar-refractivity contribution in [3.05, 3.63) is 40.4 Å². The number of nitrogens with one attached hydrogen (secondary N) is 1. The van der Waals surface area contributed by atoms with Crippen LogP contribution in [0.25, 0.3) is 0 Å². The molecule has 2 aliphatic rings. The Kier molecular flexibility index (Phi) is 5.84. The van der Waals surface area contributed by atoms with Crippen LogP contribution >= 0.6 is 11.8 Å². The van der Waals surface area contributed by atoms with Gasteiger partial charge in [-0.25, -0.2) is 0 Å². The van der Waals surface area contributed by atoms with E-state index in [0.29, 0.717) is 10.6 Å². The minimum absolute atomic E-state index is 0.0538. The number of ether oxygens (including phenoxy) is 1. The van der Waals surface area contributed by atoms with Crippen molar-refractivity contribution in [3.63, 3.8) is 0 Å². The van der Waals surface area contributed by atoms with E-state index in [-0.39, 0.29) is 29.9 Å². The molecule has 6 nitrogen and oxygen atoms in total. The second kappa shape index (κ2) is 8.28. The normalized spacial score (nSPS) is 19.9. The molecular weight excluding hydrogens is 350 g/mol. The molecule has 1 fully saturated rings. The number of hydrogen-bond donors (Lipinski definition) is 1. The van der Waals surface area contributed by atoms with Crippen LogP contribution in [0, 0.1) is 11.3 Å². The Bertz CT molecular complexity index is 761. The summed E-state index contributed by atoms with van der Waals surface area (Å²) in [6.45, 7) is 1.59. The molecule has 2 amide bonds. The largest absolute Gasteiger partial charge is 0.497 e. The Labute approximate surface area is 157 Å². The molecule has 1 aromatic carbocycles. The number of rotatable bonds is 5. The quantitative estimate of drug-likeness (QED) is 0.859. The van der Waals surface area contributed by atoms with E-state index < -0.39 is 0 Å². The molecule has 0 bridgehead atoms. The molecule has 0 unspecified atom stereocenters. The Morgan fingerprint density at radius 3 is 2.65 bits per heavy atom. The minimum Gasteiger partial charge on any atom is -0.497 e. The van der Waals surface area contributed by atoms with Crippen molar-refractivity contribution in [2.24, 2.45) is 0 Å². The van der Waals surface area contributed by atoms with E-state index in [1.807, 2.05) is 29.2 Å². The van der Waals surface area contributed by atoms with Gasteiger partial charge < -0.3 is 15.0 Å². The molecule has 7 heteroatoms. The van der Waals surface area contributed by atoms with E-state index in [1.54, 1.807) is 7.11 Å². The number of benzene rings is 1. The highest BCUT2D eigenvalue weighted by molar-refractivity contribution is 8.03. The van der Waals surface area contributed by atoms with Crippen LogP contribution in [0.15, 0.2) is 34.9 Å². The van der Waals surface area contributed by atoms with Crippen LogP contribution in [-0.4, -0.2) is 42.7 Å². The second-order valence-corrected chi connectivity index (χ2v) is 7.29. The Morgan fingerprint density at radius 1 is 1.35 bits per heavy atom. The number of thioether (sulfide) groups is 1. The summed E-state index contributed by atoms with van der Waals surface area (Å²) in [6.07, 6.45) is 2.30. The first-order valence-electron chi connectivity index (χ1n) is 8.61. The van der Waals surface area contributed by atoms with Gasteiger partial charge >= 0.3 is 0 Å². The van der Waals surface area contributed by atoms with Crippen molar-refractivity contribution in [2.45, 2.75) is 25.2 Å². The van der Waals surface area contributed by atoms with E-state index >= 15 is 0 Å². The van der Waals surface area contributed by atoms with Gasteiger partial charge in [-0.3, -0.25) is 9.59 Å². The number of nitriles is 1. The van der Waals surface area contributed by atoms with Crippen LogP contribution in [0.5, 0.6) is 5.75 Å². The van der Waals surface area contributed by atoms with Crippen LogP contribution in [0.2, 0.25) is 0 Å². The third-order valence-electron chi connectivity index (χ3n) is 4.67. The van der Waals surface area contributed by atoms with E-state index in [0.717, 1.165) is 37.2 Å². The lowest BCUT2D eigenvalue weighted by molar-refractivity contribution is -0.127. The van der Waals surface area contributed by atoms with Crippen LogP contribution in [0.3, 0.4) is 0 Å². The molecule has 0 saturated carbocycles. The van der Waals surface area contributed by atoms with Gasteiger partial charge in [-0.15, -0.1) is 0 Å². The van der Waals surface area contributed by atoms with Gasteiger partial charge in [-0.1, -0.05) is 23.9 Å². The molecule has 0 aliphatic carbocycles. The van der Waals surface area contributed by atoms with Crippen molar-refractivity contribution in [1.29, 1.82) is 5.26 Å². The molecule has 0 spiro atoms. The molecule has 1 atom stereocenters. The highest BCUT2D eigenvalue weighted by Crippen LogP contribution is 2.36. The Balaban J connectivity index is 1.78. The molecule has 1 N–H and O–H groups in total. The molecular formula is C19H21N3O3S. The summed E-state index contributed by atoms with van der Waals surface area (Å²) in [5.74, 6) is 0.571. The predicted octanol–water partition coefficient (Wildman–Crippen LogP) is 2.39. The Hall–Kier alpha value is -2.46. The van der Waals surface area contributed by atoms with Crippen molar-refractivity contribution in [1.82, 2.24) is 10.2 Å². The zero-order valence-corrected chi connectivity index (χ0v) is 15.5. The summed E-state index contributed by atoms with van der Waals surface area (Å²) >= 11 is 1.24. The van der Waals surface area contributed by atoms with Crippen LogP contribution < -0.4 is 10.1 Å². The van der Waals surface area contributed by atoms with Gasteiger partial charge in [0.1, 0.15) is 5.75 Å². The SMILES string of the molecule is COc1ccc([C@@H]2CC(=O)NC(SCC(=O)N3CCCC3)=C2C#N)cc1. The lowest BCUT2D eigenvalue weighted by Gasteiger charge is -2.25. The van der Waals surface area contributed by atoms with Gasteiger partial charge in [0.05, 0.1) is 29.5 Å². The second-order valence-electron chi connectivity index (χ2n) is 6.31. The van der Waals surface area contributed by atoms with Crippen LogP contribution in [-0.2, 0) is 9.59 Å². The number of methoxy groups -OCH3 is 1. The number of hydrogen-bond acceptors (Lipinski definition) is 5. The first-order chi connectivity index (χ1) is 12.6. The third kappa shape index (κ3) is 4.02. The maximum Gasteiger partial charge on any atom is 0.232 e. The minimum atomic E-state index is -0.302. The number of likely N-dealkylation sites (tertiary alicyclic amines) is 1. The number of amides is 2. The fourth-order valence-corrected chi connectivity index (χ4v) is 4.23. The molecule has 0 aromatic heterocycles. The van der Waals surface area contributed by atoms with Crippen molar-refractivity contribution >= 4 is 23.6 Å². The third-order valence-corrected chi connectivity index (χ3v) is 5.67. The number of carbonyl (C=O) groups is 2. The average Bonchev–Trinajstić information content (AvgIpc) is 3.20. The number of carbonyl (C=O) groups excluding carboxylic acids is 2. The lowest BCUT2D eigenvalue weighted by atomic mass is 9.87. The zero-order valence-electron chi connectivity index (χ0n) is 14.7. The van der Waals surface area contributed by atoms with Gasteiger partial charge in [0.2, 0.25) is 11.8 Å². The predicted molar refractivity (Wildman–Crippen MR) is 99.4 cm³/mol. The van der Waals surface area contributed by atoms with Crippen molar-refractivity contribution in [2.75, 3.05) is 26.0 Å². The number of nitrogens with zero attached hydrogens (tertiary/aromatic N) is 2. The van der Waals surface area contributed by atoms with Crippen molar-refractivity contribution in [3.8, 4) is 11.8 Å². The van der Waals surface area contributed by atoms with Gasteiger partial charge in [0.25, 0.3) is 0 Å². The first-order valence-corrected chi connectivity index (χ1v) is 9.59. The van der Waals surface area contributed by atoms with E-state index in [1.165, 1.54) is 11.8 Å². The monoisotopic (exact) mass is 371 g/mol. The smallest absolute Gasteiger partial charge is 0.232 e. The van der Waals surface area contributed by atoms with Crippen LogP contribution in [0.4, 0.5) is 0 Å². The summed E-state index contributed by atoms with van der Waals surface area (Å²) in [5, 5.41) is 12.9. The highest BCUT2D eigenvalue weighted by Gasteiger charge is 2.30. The maximum absolute atomic E-state index is 12.3. The average molecular weight is 371 g/mol. The molecule has 2 aliphatic heterocycles. The standard InChI is InChI=1S/C19H21N3O3S/c1-25-14-6-4-13(5-7-14)15-10-17(23)21-19(16(15)11-20)26-12-18(24)22-8-2-3-9-22/h4-7,15H,2-3,8-10,12H2,1H3,(H,21,23)/t15-/m0/s1. The lowest BCUT2D eigenvalue weighted by Crippen LogP contribution is -2.33. The summed E-state index contributed by atoms with van der Waals surface area (Å²) in [6, 6.07) is 9.62. The molecule has 26 heavy (non-hydrogen) atoms. The van der Waals surface area contributed by atoms with E-state index in [2.05, 4.69) is 11.4 Å². The van der Waals surface area contributed by atoms with Gasteiger partial charge in [-0.05, 0) is 30.5 Å². The van der Waals surface area contributed by atoms with Gasteiger partial charge in [-0.2, -0.15) is 5.26 Å². The fourth-order valence-electron chi connectivity index (χ4n) is 3.25.